The van der Waals surface area contributed by atoms with E-state index in [2.05, 4.69) is 10.0 Å². The van der Waals surface area contributed by atoms with Crippen molar-refractivity contribution in [3.63, 3.8) is 0 Å². The predicted molar refractivity (Wildman–Crippen MR) is 103 cm³/mol. The smallest absolute Gasteiger partial charge is 0.261 e. The Kier molecular flexibility index (Phi) is 5.32. The highest BCUT2D eigenvalue weighted by molar-refractivity contribution is 7.92. The van der Waals surface area contributed by atoms with Crippen LogP contribution in [0.25, 0.3) is 0 Å². The number of furan rings is 1. The van der Waals surface area contributed by atoms with Crippen LogP contribution in [-0.2, 0) is 16.6 Å². The molecule has 2 aromatic carbocycles. The molecule has 1 aromatic heterocycles. The van der Waals surface area contributed by atoms with Gasteiger partial charge >= 0.3 is 0 Å². The Morgan fingerprint density at radius 2 is 1.74 bits per heavy atom. The van der Waals surface area contributed by atoms with Crippen LogP contribution in [0, 0.1) is 13.8 Å². The molecule has 0 saturated carbocycles. The Hall–Kier alpha value is -3.06. The van der Waals surface area contributed by atoms with Gasteiger partial charge in [0.05, 0.1) is 17.7 Å². The highest BCUT2D eigenvalue weighted by Crippen LogP contribution is 2.20. The highest BCUT2D eigenvalue weighted by atomic mass is 32.2. The lowest BCUT2D eigenvalue weighted by atomic mass is 10.1. The maximum atomic E-state index is 12.7. The second-order valence-electron chi connectivity index (χ2n) is 6.27. The van der Waals surface area contributed by atoms with E-state index in [9.17, 15) is 13.2 Å². The number of aryl methyl sites for hydroxylation is 2. The number of hydrogen-bond donors (Lipinski definition) is 2. The molecule has 0 unspecified atom stereocenters. The number of carbonyl (C=O) groups is 1. The van der Waals surface area contributed by atoms with Gasteiger partial charge in [0.1, 0.15) is 5.76 Å². The van der Waals surface area contributed by atoms with Crippen LogP contribution in [-0.4, -0.2) is 14.3 Å². The summed E-state index contributed by atoms with van der Waals surface area (Å²) in [6.07, 6.45) is 1.52. The standard InChI is InChI=1S/C20H20N2O4S/c1-14-9-15(2)11-17(10-14)22-27(24,25)19-7-3-5-16(12-19)20(23)21-13-18-6-4-8-26-18/h3-12,22H,13H2,1-2H3,(H,21,23). The summed E-state index contributed by atoms with van der Waals surface area (Å²) < 4.78 is 33.1. The van der Waals surface area contributed by atoms with Crippen LogP contribution in [0.1, 0.15) is 27.2 Å². The number of nitrogens with one attached hydrogen (secondary N) is 2. The third kappa shape index (κ3) is 4.77. The van der Waals surface area contributed by atoms with Gasteiger partial charge in [0.15, 0.2) is 0 Å². The summed E-state index contributed by atoms with van der Waals surface area (Å²) in [7, 11) is -3.81. The minimum absolute atomic E-state index is 0.0207. The van der Waals surface area contributed by atoms with E-state index in [0.29, 0.717) is 11.4 Å². The van der Waals surface area contributed by atoms with Gasteiger partial charge in [-0.2, -0.15) is 0 Å². The van der Waals surface area contributed by atoms with Gasteiger partial charge < -0.3 is 9.73 Å². The molecule has 1 amide bonds. The molecule has 6 nitrogen and oxygen atoms in total. The summed E-state index contributed by atoms with van der Waals surface area (Å²) in [4.78, 5) is 12.3. The minimum Gasteiger partial charge on any atom is -0.467 e. The van der Waals surface area contributed by atoms with Crippen LogP contribution in [0.15, 0.2) is 70.2 Å². The summed E-state index contributed by atoms with van der Waals surface area (Å²) >= 11 is 0. The van der Waals surface area contributed by atoms with Crippen molar-refractivity contribution < 1.29 is 17.6 Å². The second kappa shape index (κ2) is 7.67. The molecular weight excluding hydrogens is 364 g/mol. The van der Waals surface area contributed by atoms with E-state index in [1.807, 2.05) is 19.9 Å². The Morgan fingerprint density at radius 1 is 1.00 bits per heavy atom. The molecule has 0 radical (unpaired) electrons. The van der Waals surface area contributed by atoms with E-state index in [-0.39, 0.29) is 22.9 Å². The molecule has 0 spiro atoms. The number of carbonyl (C=O) groups excluding carboxylic acids is 1. The van der Waals surface area contributed by atoms with Crippen LogP contribution in [0.4, 0.5) is 5.69 Å². The van der Waals surface area contributed by atoms with Crippen LogP contribution in [0.3, 0.4) is 0 Å². The highest BCUT2D eigenvalue weighted by Gasteiger charge is 2.17. The van der Waals surface area contributed by atoms with E-state index in [0.717, 1.165) is 11.1 Å². The van der Waals surface area contributed by atoms with Gasteiger partial charge in [0.2, 0.25) is 0 Å². The molecule has 0 saturated heterocycles. The lowest BCUT2D eigenvalue weighted by Crippen LogP contribution is -2.23. The quantitative estimate of drug-likeness (QED) is 0.679. The van der Waals surface area contributed by atoms with Crippen molar-refractivity contribution in [2.45, 2.75) is 25.3 Å². The molecule has 0 aliphatic heterocycles. The third-order valence-electron chi connectivity index (χ3n) is 3.88. The molecule has 140 valence electrons. The first-order valence-electron chi connectivity index (χ1n) is 8.35. The maximum absolute atomic E-state index is 12.7. The predicted octanol–water partition coefficient (Wildman–Crippen LogP) is 3.63. The van der Waals surface area contributed by atoms with E-state index in [1.165, 1.54) is 24.5 Å². The summed E-state index contributed by atoms with van der Waals surface area (Å²) in [6.45, 7) is 4.02. The maximum Gasteiger partial charge on any atom is 0.261 e. The van der Waals surface area contributed by atoms with Gasteiger partial charge in [-0.25, -0.2) is 8.42 Å². The Labute approximate surface area is 158 Å². The zero-order valence-electron chi connectivity index (χ0n) is 15.0. The third-order valence-corrected chi connectivity index (χ3v) is 5.26. The van der Waals surface area contributed by atoms with Gasteiger partial charge in [0.25, 0.3) is 15.9 Å². The molecule has 3 aromatic rings. The average molecular weight is 384 g/mol. The molecule has 3 rings (SSSR count). The van der Waals surface area contributed by atoms with Crippen molar-refractivity contribution in [1.82, 2.24) is 5.32 Å². The molecule has 0 fully saturated rings. The molecule has 27 heavy (non-hydrogen) atoms. The largest absolute Gasteiger partial charge is 0.467 e. The number of rotatable bonds is 6. The zero-order valence-corrected chi connectivity index (χ0v) is 15.8. The molecule has 0 atom stereocenters. The molecule has 0 aliphatic carbocycles. The monoisotopic (exact) mass is 384 g/mol. The van der Waals surface area contributed by atoms with Gasteiger partial charge in [-0.3, -0.25) is 9.52 Å². The minimum atomic E-state index is -3.81. The van der Waals surface area contributed by atoms with E-state index in [1.54, 1.807) is 30.3 Å². The van der Waals surface area contributed by atoms with Gasteiger partial charge in [0, 0.05) is 11.3 Å². The summed E-state index contributed by atoms with van der Waals surface area (Å²) in [6, 6.07) is 14.8. The van der Waals surface area contributed by atoms with Crippen LogP contribution >= 0.6 is 0 Å². The average Bonchev–Trinajstić information content (AvgIpc) is 3.12. The lowest BCUT2D eigenvalue weighted by molar-refractivity contribution is 0.0948. The zero-order chi connectivity index (χ0) is 19.4. The van der Waals surface area contributed by atoms with Gasteiger partial charge in [-0.1, -0.05) is 12.1 Å². The fraction of sp³-hybridized carbons (Fsp3) is 0.150. The number of amides is 1. The van der Waals surface area contributed by atoms with E-state index in [4.69, 9.17) is 4.42 Å². The SMILES string of the molecule is Cc1cc(C)cc(NS(=O)(=O)c2cccc(C(=O)NCc3ccco3)c2)c1. The number of benzene rings is 2. The lowest BCUT2D eigenvalue weighted by Gasteiger charge is -2.11. The van der Waals surface area contributed by atoms with Crippen molar-refractivity contribution in [3.8, 4) is 0 Å². The van der Waals surface area contributed by atoms with Crippen LogP contribution in [0.5, 0.6) is 0 Å². The number of anilines is 1. The van der Waals surface area contributed by atoms with Crippen molar-refractivity contribution in [1.29, 1.82) is 0 Å². The van der Waals surface area contributed by atoms with Crippen molar-refractivity contribution in [2.24, 2.45) is 0 Å². The molecule has 7 heteroatoms. The van der Waals surface area contributed by atoms with Crippen LogP contribution in [0.2, 0.25) is 0 Å². The first-order valence-corrected chi connectivity index (χ1v) is 9.83. The summed E-state index contributed by atoms with van der Waals surface area (Å²) in [5.74, 6) is 0.235. The topological polar surface area (TPSA) is 88.4 Å². The van der Waals surface area contributed by atoms with Crippen LogP contribution < -0.4 is 10.0 Å². The van der Waals surface area contributed by atoms with Crippen molar-refractivity contribution in [2.75, 3.05) is 4.72 Å². The normalized spacial score (nSPS) is 11.2. The molecule has 0 aliphatic rings. The first kappa shape index (κ1) is 18.7. The van der Waals surface area contributed by atoms with Gasteiger partial charge in [-0.05, 0) is 67.4 Å². The molecule has 2 N–H and O–H groups in total. The van der Waals surface area contributed by atoms with Gasteiger partial charge in [-0.15, -0.1) is 0 Å². The fourth-order valence-electron chi connectivity index (χ4n) is 2.73. The molecule has 0 bridgehead atoms. The second-order valence-corrected chi connectivity index (χ2v) is 7.95. The number of hydrogen-bond acceptors (Lipinski definition) is 4. The Morgan fingerprint density at radius 3 is 2.41 bits per heavy atom. The summed E-state index contributed by atoms with van der Waals surface area (Å²) in [5.41, 5.74) is 2.66. The first-order chi connectivity index (χ1) is 12.8. The molecule has 1 heterocycles. The Bertz CT molecular complexity index is 1040. The number of sulfonamides is 1. The van der Waals surface area contributed by atoms with Crippen molar-refractivity contribution >= 4 is 21.6 Å². The van der Waals surface area contributed by atoms with Crippen molar-refractivity contribution in [3.05, 3.63) is 83.3 Å². The Balaban J connectivity index is 1.77. The van der Waals surface area contributed by atoms with E-state index >= 15 is 0 Å². The summed E-state index contributed by atoms with van der Waals surface area (Å²) in [5, 5.41) is 2.70. The molecular formula is C20H20N2O4S. The fourth-order valence-corrected chi connectivity index (χ4v) is 3.82. The van der Waals surface area contributed by atoms with E-state index < -0.39 is 10.0 Å².